The van der Waals surface area contributed by atoms with E-state index >= 15 is 0 Å². The number of benzene rings is 4. The minimum Gasteiger partial charge on any atom is -0.497 e. The van der Waals surface area contributed by atoms with E-state index in [1.54, 1.807) is 42.3 Å². The number of halogens is 1. The maximum Gasteiger partial charge on any atom is 0.332 e. The van der Waals surface area contributed by atoms with Crippen molar-refractivity contribution in [1.82, 2.24) is 15.2 Å². The van der Waals surface area contributed by atoms with Gasteiger partial charge in [-0.05, 0) is 65.2 Å². The highest BCUT2D eigenvalue weighted by Gasteiger charge is 2.53. The van der Waals surface area contributed by atoms with E-state index in [1.165, 1.54) is 4.90 Å². The molecule has 0 saturated carbocycles. The number of aromatic nitrogens is 1. The average molecular weight is 591 g/mol. The molecule has 2 N–H and O–H groups in total. The number of rotatable bonds is 6. The maximum absolute atomic E-state index is 14.1. The van der Waals surface area contributed by atoms with E-state index in [1.807, 2.05) is 66.7 Å². The van der Waals surface area contributed by atoms with Gasteiger partial charge < -0.3 is 15.0 Å². The molecule has 2 aliphatic heterocycles. The minimum atomic E-state index is -0.686. The number of hydrogen-bond donors (Lipinski definition) is 2. The van der Waals surface area contributed by atoms with Crippen LogP contribution in [0.25, 0.3) is 10.9 Å². The molecule has 2 unspecified atom stereocenters. The molecule has 1 saturated heterocycles. The minimum absolute atomic E-state index is 0.278. The van der Waals surface area contributed by atoms with Gasteiger partial charge in [0.15, 0.2) is 0 Å². The highest BCUT2D eigenvalue weighted by atomic mass is 35.5. The zero-order chi connectivity index (χ0) is 29.7. The van der Waals surface area contributed by atoms with Crippen LogP contribution in [0.2, 0.25) is 5.02 Å². The van der Waals surface area contributed by atoms with E-state index in [-0.39, 0.29) is 18.4 Å². The summed E-state index contributed by atoms with van der Waals surface area (Å²) in [5.41, 5.74) is 5.33. The Morgan fingerprint density at radius 2 is 1.74 bits per heavy atom. The summed E-state index contributed by atoms with van der Waals surface area (Å²) in [4.78, 5) is 47.3. The summed E-state index contributed by atoms with van der Waals surface area (Å²) in [5.74, 6) is 0.0756. The normalized spacial score (nSPS) is 17.6. The third kappa shape index (κ3) is 4.51. The number of aromatic amines is 1. The first kappa shape index (κ1) is 26.8. The molecule has 3 heterocycles. The number of para-hydroxylation sites is 1. The van der Waals surface area contributed by atoms with E-state index in [0.717, 1.165) is 33.3 Å². The molecule has 1 fully saturated rings. The Kier molecular flexibility index (Phi) is 6.63. The summed E-state index contributed by atoms with van der Waals surface area (Å²) in [6, 6.07) is 27.8. The van der Waals surface area contributed by atoms with Crippen LogP contribution in [0.3, 0.4) is 0 Å². The highest BCUT2D eigenvalue weighted by molar-refractivity contribution is 6.31. The Morgan fingerprint density at radius 1 is 0.977 bits per heavy atom. The van der Waals surface area contributed by atoms with Gasteiger partial charge in [0.1, 0.15) is 17.8 Å². The fraction of sp³-hybridized carbons (Fsp3) is 0.147. The second-order valence-electron chi connectivity index (χ2n) is 10.6. The Morgan fingerprint density at radius 3 is 2.53 bits per heavy atom. The van der Waals surface area contributed by atoms with Crippen LogP contribution >= 0.6 is 11.6 Å². The molecule has 2 atom stereocenters. The maximum atomic E-state index is 14.1. The number of urea groups is 1. The number of methoxy groups -OCH3 is 1. The van der Waals surface area contributed by atoms with Crippen LogP contribution in [-0.2, 0) is 17.8 Å². The standard InChI is InChI=1S/C34H27ClN4O4/c1-43-24-9-6-8-21(17-24)31-30-26(25-10-3-5-12-28(25)37-30)18-29-33(41)38(34(42)39(29)31)23-15-13-20(14-16-23)32(40)36-19-22-7-2-4-11-27(22)35/h2-17,29,31,37H,18-19H2,1H3,(H,36,40). The molecule has 1 aromatic heterocycles. The van der Waals surface area contributed by atoms with Gasteiger partial charge in [-0.2, -0.15) is 0 Å². The number of anilines is 1. The second-order valence-corrected chi connectivity index (χ2v) is 11.1. The molecule has 8 nitrogen and oxygen atoms in total. The predicted molar refractivity (Wildman–Crippen MR) is 164 cm³/mol. The Hall–Kier alpha value is -5.08. The van der Waals surface area contributed by atoms with Crippen LogP contribution in [0.5, 0.6) is 5.75 Å². The van der Waals surface area contributed by atoms with Crippen LogP contribution in [0.15, 0.2) is 97.1 Å². The molecule has 0 spiro atoms. The zero-order valence-electron chi connectivity index (χ0n) is 23.2. The van der Waals surface area contributed by atoms with Crippen molar-refractivity contribution in [2.75, 3.05) is 12.0 Å². The summed E-state index contributed by atoms with van der Waals surface area (Å²) < 4.78 is 5.49. The molecule has 7 rings (SSSR count). The van der Waals surface area contributed by atoms with Crippen molar-refractivity contribution < 1.29 is 19.1 Å². The Bertz CT molecular complexity index is 1900. The van der Waals surface area contributed by atoms with Gasteiger partial charge in [-0.3, -0.25) is 14.5 Å². The molecule has 0 aliphatic carbocycles. The van der Waals surface area contributed by atoms with Gasteiger partial charge >= 0.3 is 6.03 Å². The van der Waals surface area contributed by atoms with Crippen molar-refractivity contribution in [3.63, 3.8) is 0 Å². The summed E-state index contributed by atoms with van der Waals surface area (Å²) in [6.45, 7) is 0.278. The van der Waals surface area contributed by atoms with Crippen molar-refractivity contribution in [1.29, 1.82) is 0 Å². The van der Waals surface area contributed by atoms with Crippen molar-refractivity contribution in [2.24, 2.45) is 0 Å². The molecule has 214 valence electrons. The van der Waals surface area contributed by atoms with E-state index in [0.29, 0.717) is 28.4 Å². The molecular formula is C34H27ClN4O4. The molecule has 2 aliphatic rings. The molecule has 4 amide bonds. The van der Waals surface area contributed by atoms with Gasteiger partial charge in [0.05, 0.1) is 12.8 Å². The van der Waals surface area contributed by atoms with Crippen LogP contribution < -0.4 is 15.0 Å². The fourth-order valence-corrected chi connectivity index (χ4v) is 6.35. The Balaban J connectivity index is 1.20. The number of hydrogen-bond acceptors (Lipinski definition) is 4. The molecule has 9 heteroatoms. The number of nitrogens with zero attached hydrogens (tertiary/aromatic N) is 2. The first-order valence-electron chi connectivity index (χ1n) is 14.0. The van der Waals surface area contributed by atoms with Crippen LogP contribution in [-0.4, -0.2) is 40.9 Å². The Labute approximate surface area is 252 Å². The molecule has 4 aromatic carbocycles. The summed E-state index contributed by atoms with van der Waals surface area (Å²) in [7, 11) is 1.60. The number of imide groups is 1. The van der Waals surface area contributed by atoms with E-state index in [9.17, 15) is 14.4 Å². The molecule has 5 aromatic rings. The number of H-pyrrole nitrogens is 1. The quantitative estimate of drug-likeness (QED) is 0.229. The van der Waals surface area contributed by atoms with E-state index in [2.05, 4.69) is 10.3 Å². The van der Waals surface area contributed by atoms with Crippen molar-refractivity contribution >= 4 is 46.0 Å². The molecule has 0 radical (unpaired) electrons. The van der Waals surface area contributed by atoms with Gasteiger partial charge in [-0.15, -0.1) is 0 Å². The summed E-state index contributed by atoms with van der Waals surface area (Å²) in [5, 5.41) is 4.48. The number of ether oxygens (including phenoxy) is 1. The number of carbonyl (C=O) groups is 3. The lowest BCUT2D eigenvalue weighted by atomic mass is 9.89. The first-order chi connectivity index (χ1) is 20.9. The lowest BCUT2D eigenvalue weighted by Gasteiger charge is -2.36. The van der Waals surface area contributed by atoms with Crippen LogP contribution in [0.1, 0.15) is 38.8 Å². The monoisotopic (exact) mass is 590 g/mol. The van der Waals surface area contributed by atoms with Gasteiger partial charge in [-0.1, -0.05) is 60.1 Å². The number of amides is 4. The number of nitrogens with one attached hydrogen (secondary N) is 2. The molecule has 43 heavy (non-hydrogen) atoms. The fourth-order valence-electron chi connectivity index (χ4n) is 6.15. The van der Waals surface area contributed by atoms with Crippen molar-refractivity contribution in [3.05, 3.63) is 130 Å². The smallest absolute Gasteiger partial charge is 0.332 e. The van der Waals surface area contributed by atoms with Crippen molar-refractivity contribution in [2.45, 2.75) is 25.0 Å². The van der Waals surface area contributed by atoms with Crippen LogP contribution in [0.4, 0.5) is 10.5 Å². The van der Waals surface area contributed by atoms with Gasteiger partial charge in [-0.25, -0.2) is 9.69 Å². The van der Waals surface area contributed by atoms with Gasteiger partial charge in [0.25, 0.3) is 11.8 Å². The average Bonchev–Trinajstić information content (AvgIpc) is 3.53. The first-order valence-corrected chi connectivity index (χ1v) is 14.3. The largest absolute Gasteiger partial charge is 0.497 e. The van der Waals surface area contributed by atoms with E-state index in [4.69, 9.17) is 16.3 Å². The SMILES string of the molecule is COc1cccc(C2c3[nH]c4ccccc4c3CC3C(=O)N(c4ccc(C(=O)NCc5ccccc5Cl)cc4)C(=O)N32)c1. The number of fused-ring (bicyclic) bond motifs is 4. The summed E-state index contributed by atoms with van der Waals surface area (Å²) >= 11 is 6.21. The van der Waals surface area contributed by atoms with Gasteiger partial charge in [0, 0.05) is 40.1 Å². The van der Waals surface area contributed by atoms with Gasteiger partial charge in [0.2, 0.25) is 0 Å². The molecular weight excluding hydrogens is 564 g/mol. The van der Waals surface area contributed by atoms with Crippen molar-refractivity contribution in [3.8, 4) is 5.75 Å². The third-order valence-corrected chi connectivity index (χ3v) is 8.61. The topological polar surface area (TPSA) is 94.7 Å². The third-order valence-electron chi connectivity index (χ3n) is 8.24. The predicted octanol–water partition coefficient (Wildman–Crippen LogP) is 6.24. The second kappa shape index (κ2) is 10.6. The zero-order valence-corrected chi connectivity index (χ0v) is 24.0. The lowest BCUT2D eigenvalue weighted by Crippen LogP contribution is -2.44. The summed E-state index contributed by atoms with van der Waals surface area (Å²) in [6.07, 6.45) is 0.392. The number of carbonyl (C=O) groups excluding carboxylic acids is 3. The lowest BCUT2D eigenvalue weighted by molar-refractivity contribution is -0.120. The van der Waals surface area contributed by atoms with Crippen LogP contribution in [0, 0.1) is 0 Å². The van der Waals surface area contributed by atoms with E-state index < -0.39 is 18.1 Å². The molecule has 0 bridgehead atoms. The highest BCUT2D eigenvalue weighted by Crippen LogP contribution is 2.45.